The number of rotatable bonds is 55. The van der Waals surface area contributed by atoms with Crippen LogP contribution >= 0.6 is 0 Å². The highest BCUT2D eigenvalue weighted by Gasteiger charge is 2.18. The van der Waals surface area contributed by atoms with Gasteiger partial charge in [-0.1, -0.05) is 275 Å². The van der Waals surface area contributed by atoms with Crippen LogP contribution in [0.2, 0.25) is 0 Å². The van der Waals surface area contributed by atoms with Gasteiger partial charge in [0.15, 0.2) is 0 Å². The van der Waals surface area contributed by atoms with E-state index in [1.807, 2.05) is 6.08 Å². The molecule has 0 rings (SSSR count). The molecule has 0 saturated carbocycles. The predicted molar refractivity (Wildman–Crippen MR) is 292 cm³/mol. The van der Waals surface area contributed by atoms with Crippen molar-refractivity contribution in [3.8, 4) is 0 Å². The highest BCUT2D eigenvalue weighted by molar-refractivity contribution is 5.76. The van der Waals surface area contributed by atoms with Crippen LogP contribution in [0.3, 0.4) is 0 Å². The largest absolute Gasteiger partial charge is 0.466 e. The van der Waals surface area contributed by atoms with Gasteiger partial charge in [-0.05, 0) is 64.2 Å². The monoisotopic (exact) mass is 942 g/mol. The number of carbonyl (C=O) groups is 2. The van der Waals surface area contributed by atoms with Gasteiger partial charge in [-0.25, -0.2) is 0 Å². The van der Waals surface area contributed by atoms with E-state index in [4.69, 9.17) is 4.74 Å². The zero-order valence-corrected chi connectivity index (χ0v) is 44.9. The second kappa shape index (κ2) is 56.7. The highest BCUT2D eigenvalue weighted by atomic mass is 16.5. The van der Waals surface area contributed by atoms with Crippen molar-refractivity contribution < 1.29 is 24.5 Å². The van der Waals surface area contributed by atoms with Crippen LogP contribution < -0.4 is 5.32 Å². The molecule has 0 aliphatic heterocycles. The molecule has 0 aliphatic rings. The van der Waals surface area contributed by atoms with Crippen molar-refractivity contribution in [1.29, 1.82) is 0 Å². The number of esters is 1. The number of aliphatic hydroxyl groups is 2. The molecule has 3 N–H and O–H groups in total. The number of unbranched alkanes of at least 4 members (excludes halogenated alkanes) is 41. The summed E-state index contributed by atoms with van der Waals surface area (Å²) in [4.78, 5) is 24.5. The molecular weight excluding hydrogens is 827 g/mol. The summed E-state index contributed by atoms with van der Waals surface area (Å²) < 4.78 is 5.46. The molecule has 6 nitrogen and oxygen atoms in total. The van der Waals surface area contributed by atoms with Gasteiger partial charge in [-0.15, -0.1) is 0 Å². The molecule has 2 unspecified atom stereocenters. The van der Waals surface area contributed by atoms with Crippen LogP contribution in [0.1, 0.15) is 316 Å². The Morgan fingerprint density at radius 2 is 0.731 bits per heavy atom. The Kier molecular flexibility index (Phi) is 55.0. The SMILES string of the molecule is CCCCCCCCCCCCCCCCC/C=C/C(O)C(CO)NC(=O)CCCCCCCC/C=C\C=C/CCCCCOC(=O)CCCCCCCCCCCCCCCCCCCC. The summed E-state index contributed by atoms with van der Waals surface area (Å²) in [5, 5.41) is 23.1. The molecule has 0 fully saturated rings. The van der Waals surface area contributed by atoms with E-state index < -0.39 is 12.1 Å². The maximum absolute atomic E-state index is 12.5. The Balaban J connectivity index is 3.52. The lowest BCUT2D eigenvalue weighted by Gasteiger charge is -2.20. The van der Waals surface area contributed by atoms with Gasteiger partial charge >= 0.3 is 5.97 Å². The first-order valence-electron chi connectivity index (χ1n) is 29.8. The number of ether oxygens (including phenoxy) is 1. The molecule has 0 heterocycles. The molecule has 1 amide bonds. The minimum Gasteiger partial charge on any atom is -0.466 e. The summed E-state index contributed by atoms with van der Waals surface area (Å²) in [6.45, 7) is 4.87. The lowest BCUT2D eigenvalue weighted by atomic mass is 10.0. The molecule has 0 bridgehead atoms. The molecule has 0 saturated heterocycles. The molecule has 394 valence electrons. The summed E-state index contributed by atoms with van der Waals surface area (Å²) in [5.74, 6) is -0.107. The van der Waals surface area contributed by atoms with E-state index in [9.17, 15) is 19.8 Å². The van der Waals surface area contributed by atoms with Crippen molar-refractivity contribution >= 4 is 11.9 Å². The van der Waals surface area contributed by atoms with E-state index in [-0.39, 0.29) is 18.5 Å². The first-order valence-corrected chi connectivity index (χ1v) is 29.8. The second-order valence-corrected chi connectivity index (χ2v) is 20.4. The van der Waals surface area contributed by atoms with Gasteiger partial charge in [0.25, 0.3) is 0 Å². The van der Waals surface area contributed by atoms with Gasteiger partial charge in [0.1, 0.15) is 0 Å². The number of hydrogen-bond acceptors (Lipinski definition) is 5. The molecular formula is C61H115NO5. The van der Waals surface area contributed by atoms with Gasteiger partial charge in [0, 0.05) is 12.8 Å². The normalized spacial score (nSPS) is 12.8. The van der Waals surface area contributed by atoms with Crippen molar-refractivity contribution in [3.63, 3.8) is 0 Å². The van der Waals surface area contributed by atoms with Crippen molar-refractivity contribution in [3.05, 3.63) is 36.5 Å². The number of allylic oxidation sites excluding steroid dienone is 5. The Bertz CT molecular complexity index is 1090. The van der Waals surface area contributed by atoms with Crippen molar-refractivity contribution in [2.24, 2.45) is 0 Å². The first-order chi connectivity index (χ1) is 33.0. The predicted octanol–water partition coefficient (Wildman–Crippen LogP) is 18.4. The standard InChI is InChI=1S/C61H115NO5/c1-3-5-7-9-11-13-15-17-19-21-23-27-31-35-39-43-47-51-55-61(66)67-56-52-48-44-40-36-32-28-24-26-30-34-38-42-46-50-54-60(65)62-58(57-63)59(64)53-49-45-41-37-33-29-25-22-20-18-16-14-12-10-8-6-4-2/h24,28,32,36,49,53,58-59,63-64H,3-23,25-27,29-31,33-35,37-48,50-52,54-57H2,1-2H3,(H,62,65)/b28-24-,36-32-,53-49+. The van der Waals surface area contributed by atoms with Crippen molar-refractivity contribution in [2.75, 3.05) is 13.2 Å². The third-order valence-corrected chi connectivity index (χ3v) is 13.7. The zero-order valence-electron chi connectivity index (χ0n) is 44.9. The average Bonchev–Trinajstić information content (AvgIpc) is 3.33. The molecule has 6 heteroatoms. The number of carbonyl (C=O) groups excluding carboxylic acids is 2. The lowest BCUT2D eigenvalue weighted by Crippen LogP contribution is -2.45. The zero-order chi connectivity index (χ0) is 48.6. The number of amides is 1. The van der Waals surface area contributed by atoms with Gasteiger partial charge in [0.2, 0.25) is 5.91 Å². The molecule has 0 aromatic rings. The fourth-order valence-electron chi connectivity index (χ4n) is 9.10. The van der Waals surface area contributed by atoms with E-state index >= 15 is 0 Å². The third-order valence-electron chi connectivity index (χ3n) is 13.7. The Morgan fingerprint density at radius 3 is 1.10 bits per heavy atom. The highest BCUT2D eigenvalue weighted by Crippen LogP contribution is 2.17. The van der Waals surface area contributed by atoms with Gasteiger partial charge in [-0.3, -0.25) is 9.59 Å². The summed E-state index contributed by atoms with van der Waals surface area (Å²) >= 11 is 0. The summed E-state index contributed by atoms with van der Waals surface area (Å²) in [5.41, 5.74) is 0. The molecule has 0 radical (unpaired) electrons. The maximum atomic E-state index is 12.5. The quantitative estimate of drug-likeness (QED) is 0.0244. The van der Waals surface area contributed by atoms with E-state index in [0.29, 0.717) is 19.4 Å². The van der Waals surface area contributed by atoms with Crippen LogP contribution in [0.5, 0.6) is 0 Å². The van der Waals surface area contributed by atoms with E-state index in [1.54, 1.807) is 6.08 Å². The van der Waals surface area contributed by atoms with Crippen LogP contribution in [0.4, 0.5) is 0 Å². The fraction of sp³-hybridized carbons (Fsp3) is 0.869. The summed E-state index contributed by atoms with van der Waals surface area (Å²) in [6, 6.07) is -0.645. The van der Waals surface area contributed by atoms with Crippen molar-refractivity contribution in [2.45, 2.75) is 328 Å². The second-order valence-electron chi connectivity index (χ2n) is 20.4. The molecule has 0 aromatic heterocycles. The minimum absolute atomic E-state index is 0.0184. The van der Waals surface area contributed by atoms with Gasteiger partial charge < -0.3 is 20.3 Å². The summed E-state index contributed by atoms with van der Waals surface area (Å²) in [6.07, 6.45) is 70.3. The first kappa shape index (κ1) is 65.1. The third kappa shape index (κ3) is 53.3. The van der Waals surface area contributed by atoms with Crippen LogP contribution in [-0.4, -0.2) is 47.4 Å². The lowest BCUT2D eigenvalue weighted by molar-refractivity contribution is -0.143. The van der Waals surface area contributed by atoms with E-state index in [1.165, 1.54) is 212 Å². The van der Waals surface area contributed by atoms with Crippen LogP contribution in [-0.2, 0) is 14.3 Å². The molecule has 2 atom stereocenters. The molecule has 67 heavy (non-hydrogen) atoms. The van der Waals surface area contributed by atoms with Gasteiger partial charge in [-0.2, -0.15) is 0 Å². The topological polar surface area (TPSA) is 95.9 Å². The smallest absolute Gasteiger partial charge is 0.305 e. The maximum Gasteiger partial charge on any atom is 0.305 e. The van der Waals surface area contributed by atoms with Crippen LogP contribution in [0, 0.1) is 0 Å². The Labute approximate surface area is 417 Å². The van der Waals surface area contributed by atoms with Crippen LogP contribution in [0.15, 0.2) is 36.5 Å². The average molecular weight is 943 g/mol. The fourth-order valence-corrected chi connectivity index (χ4v) is 9.10. The molecule has 0 spiro atoms. The van der Waals surface area contributed by atoms with Crippen LogP contribution in [0.25, 0.3) is 0 Å². The number of nitrogens with one attached hydrogen (secondary N) is 1. The minimum atomic E-state index is -0.859. The molecule has 0 aromatic carbocycles. The number of aliphatic hydroxyl groups excluding tert-OH is 2. The Hall–Kier alpha value is -1.92. The Morgan fingerprint density at radius 1 is 0.418 bits per heavy atom. The van der Waals surface area contributed by atoms with Crippen molar-refractivity contribution in [1.82, 2.24) is 5.32 Å². The van der Waals surface area contributed by atoms with E-state index in [0.717, 1.165) is 77.0 Å². The molecule has 0 aliphatic carbocycles. The van der Waals surface area contributed by atoms with E-state index in [2.05, 4.69) is 43.5 Å². The van der Waals surface area contributed by atoms with Gasteiger partial charge in [0.05, 0.1) is 25.4 Å². The number of hydrogen-bond donors (Lipinski definition) is 3. The summed E-state index contributed by atoms with van der Waals surface area (Å²) in [7, 11) is 0.